The van der Waals surface area contributed by atoms with Gasteiger partial charge in [0.1, 0.15) is 17.6 Å². The van der Waals surface area contributed by atoms with Crippen LogP contribution < -0.4 is 10.1 Å². The highest BCUT2D eigenvalue weighted by molar-refractivity contribution is 6.03. The number of hydrogen-bond donors (Lipinski definition) is 1. The van der Waals surface area contributed by atoms with E-state index in [1.165, 1.54) is 0 Å². The molecule has 1 aromatic heterocycles. The van der Waals surface area contributed by atoms with Crippen molar-refractivity contribution in [1.29, 1.82) is 0 Å². The number of rotatable bonds is 6. The van der Waals surface area contributed by atoms with Crippen LogP contribution >= 0.6 is 0 Å². The molecule has 7 nitrogen and oxygen atoms in total. The van der Waals surface area contributed by atoms with Crippen LogP contribution in [0.3, 0.4) is 0 Å². The van der Waals surface area contributed by atoms with Gasteiger partial charge in [0.25, 0.3) is 5.91 Å². The van der Waals surface area contributed by atoms with E-state index in [2.05, 4.69) is 24.3 Å². The van der Waals surface area contributed by atoms with Crippen molar-refractivity contribution in [3.63, 3.8) is 0 Å². The van der Waals surface area contributed by atoms with E-state index >= 15 is 0 Å². The summed E-state index contributed by atoms with van der Waals surface area (Å²) in [6.45, 7) is 5.30. The molecule has 1 N–H and O–H groups in total. The van der Waals surface area contributed by atoms with Crippen LogP contribution in [0.1, 0.15) is 30.6 Å². The van der Waals surface area contributed by atoms with Gasteiger partial charge in [-0.15, -0.1) is 0 Å². The third-order valence-electron chi connectivity index (χ3n) is 5.37. The zero-order valence-electron chi connectivity index (χ0n) is 18.1. The van der Waals surface area contributed by atoms with Crippen LogP contribution in [-0.4, -0.2) is 46.1 Å². The number of aromatic nitrogens is 2. The molecule has 1 aliphatic heterocycles. The molecule has 1 fully saturated rings. The van der Waals surface area contributed by atoms with Crippen molar-refractivity contribution < 1.29 is 23.1 Å². The fourth-order valence-corrected chi connectivity index (χ4v) is 3.73. The number of halogens is 2. The first-order valence-corrected chi connectivity index (χ1v) is 10.4. The smallest absolute Gasteiger partial charge is 0.255 e. The Kier molecular flexibility index (Phi) is 5.82. The predicted octanol–water partition coefficient (Wildman–Crippen LogP) is 3.72. The summed E-state index contributed by atoms with van der Waals surface area (Å²) in [5.41, 5.74) is 0.847. The first kappa shape index (κ1) is 21.7. The van der Waals surface area contributed by atoms with Crippen LogP contribution in [0, 0.1) is 17.6 Å². The lowest BCUT2D eigenvalue weighted by molar-refractivity contribution is -0.128. The molecule has 0 bridgehead atoms. The highest BCUT2D eigenvalue weighted by Gasteiger charge is 2.31. The predicted molar refractivity (Wildman–Crippen MR) is 115 cm³/mol. The third-order valence-corrected chi connectivity index (χ3v) is 5.37. The number of ether oxygens (including phenoxy) is 1. The lowest BCUT2D eigenvalue weighted by Gasteiger charge is -2.16. The van der Waals surface area contributed by atoms with Gasteiger partial charge in [-0.1, -0.05) is 13.8 Å². The van der Waals surface area contributed by atoms with Crippen LogP contribution in [0.4, 0.5) is 8.78 Å². The molecule has 32 heavy (non-hydrogen) atoms. The molecular weight excluding hydrogens is 418 g/mol. The van der Waals surface area contributed by atoms with E-state index in [1.54, 1.807) is 35.0 Å². The summed E-state index contributed by atoms with van der Waals surface area (Å²) in [7, 11) is 1.68. The Morgan fingerprint density at radius 2 is 2.03 bits per heavy atom. The molecule has 1 atom stereocenters. The normalized spacial score (nSPS) is 16.2. The Morgan fingerprint density at radius 1 is 1.25 bits per heavy atom. The second kappa shape index (κ2) is 8.57. The molecular formula is C23H24F2N4O3. The van der Waals surface area contributed by atoms with Crippen LogP contribution in [0.5, 0.6) is 11.5 Å². The topological polar surface area (TPSA) is 76.5 Å². The van der Waals surface area contributed by atoms with Crippen LogP contribution in [-0.2, 0) is 11.3 Å². The molecule has 2 heterocycles. The summed E-state index contributed by atoms with van der Waals surface area (Å²) in [6, 6.07) is 5.53. The SMILES string of the molecule is CC(C)Cn1ncc2cc(Oc3ccc(F)cc3F)c(C(=O)N[C@H]3CCN(C)C3=O)cc21. The second-order valence-electron chi connectivity index (χ2n) is 8.38. The van der Waals surface area contributed by atoms with Gasteiger partial charge in [0.05, 0.1) is 17.3 Å². The molecule has 2 aromatic carbocycles. The average molecular weight is 442 g/mol. The minimum absolute atomic E-state index is 0.0865. The fourth-order valence-electron chi connectivity index (χ4n) is 3.73. The van der Waals surface area contributed by atoms with Crippen molar-refractivity contribution in [1.82, 2.24) is 20.0 Å². The zero-order chi connectivity index (χ0) is 23.0. The van der Waals surface area contributed by atoms with Gasteiger partial charge < -0.3 is 15.0 Å². The van der Waals surface area contributed by atoms with Crippen molar-refractivity contribution >= 4 is 22.7 Å². The number of nitrogens with zero attached hydrogens (tertiary/aromatic N) is 3. The van der Waals surface area contributed by atoms with Crippen molar-refractivity contribution in [2.45, 2.75) is 32.9 Å². The summed E-state index contributed by atoms with van der Waals surface area (Å²) in [4.78, 5) is 27.0. The number of amides is 2. The molecule has 2 amide bonds. The van der Waals surface area contributed by atoms with Gasteiger partial charge in [-0.3, -0.25) is 14.3 Å². The zero-order valence-corrected chi connectivity index (χ0v) is 18.1. The Morgan fingerprint density at radius 3 is 2.69 bits per heavy atom. The Bertz CT molecular complexity index is 1190. The van der Waals surface area contributed by atoms with Gasteiger partial charge >= 0.3 is 0 Å². The van der Waals surface area contributed by atoms with E-state index in [1.807, 2.05) is 0 Å². The standard InChI is InChI=1S/C23H24F2N4O3/c1-13(2)12-29-19-10-16(22(30)27-18-6-7-28(3)23(18)31)21(8-14(19)11-26-29)32-20-5-4-15(24)9-17(20)25/h4-5,8-11,13,18H,6-7,12H2,1-3H3,(H,27,30)/t18-/m0/s1. The van der Waals surface area contributed by atoms with Crippen LogP contribution in [0.2, 0.25) is 0 Å². The first-order chi connectivity index (χ1) is 15.2. The minimum atomic E-state index is -0.889. The van der Waals surface area contributed by atoms with Crippen LogP contribution in [0.25, 0.3) is 10.9 Å². The number of carbonyl (C=O) groups is 2. The van der Waals surface area contributed by atoms with Gasteiger partial charge in [0.2, 0.25) is 5.91 Å². The summed E-state index contributed by atoms with van der Waals surface area (Å²) in [5, 5.41) is 7.84. The number of likely N-dealkylation sites (N-methyl/N-ethyl adjacent to an activating group) is 1. The van der Waals surface area contributed by atoms with Crippen molar-refractivity contribution in [2.24, 2.45) is 5.92 Å². The Balaban J connectivity index is 1.74. The largest absolute Gasteiger partial charge is 0.453 e. The van der Waals surface area contributed by atoms with E-state index in [0.29, 0.717) is 42.4 Å². The Labute approximate surface area is 183 Å². The first-order valence-electron chi connectivity index (χ1n) is 10.4. The van der Waals surface area contributed by atoms with Gasteiger partial charge in [-0.2, -0.15) is 5.10 Å². The van der Waals surface area contributed by atoms with Crippen molar-refractivity contribution in [3.05, 3.63) is 53.7 Å². The fraction of sp³-hybridized carbons (Fsp3) is 0.348. The summed E-state index contributed by atoms with van der Waals surface area (Å²) < 4.78 is 35.0. The molecule has 1 saturated heterocycles. The second-order valence-corrected chi connectivity index (χ2v) is 8.38. The van der Waals surface area contributed by atoms with E-state index in [9.17, 15) is 18.4 Å². The number of nitrogens with one attached hydrogen (secondary N) is 1. The number of fused-ring (bicyclic) bond motifs is 1. The van der Waals surface area contributed by atoms with Crippen molar-refractivity contribution in [2.75, 3.05) is 13.6 Å². The summed E-state index contributed by atoms with van der Waals surface area (Å²) in [5.74, 6) is -2.12. The number of carbonyl (C=O) groups excluding carboxylic acids is 2. The molecule has 1 aliphatic rings. The van der Waals surface area contributed by atoms with Crippen molar-refractivity contribution in [3.8, 4) is 11.5 Å². The summed E-state index contributed by atoms with van der Waals surface area (Å²) in [6.07, 6.45) is 2.14. The number of hydrogen-bond acceptors (Lipinski definition) is 4. The molecule has 3 aromatic rings. The highest BCUT2D eigenvalue weighted by Crippen LogP contribution is 2.32. The quantitative estimate of drug-likeness (QED) is 0.631. The van der Waals surface area contributed by atoms with Gasteiger partial charge in [0, 0.05) is 31.6 Å². The number of likely N-dealkylation sites (tertiary alicyclic amines) is 1. The van der Waals surface area contributed by atoms with E-state index in [0.717, 1.165) is 12.1 Å². The third kappa shape index (κ3) is 4.28. The average Bonchev–Trinajstić information content (AvgIpc) is 3.26. The molecule has 168 valence electrons. The van der Waals surface area contributed by atoms with Crippen LogP contribution in [0.15, 0.2) is 36.5 Å². The highest BCUT2D eigenvalue weighted by atomic mass is 19.1. The molecule has 0 saturated carbocycles. The molecule has 4 rings (SSSR count). The van der Waals surface area contributed by atoms with E-state index < -0.39 is 23.6 Å². The summed E-state index contributed by atoms with van der Waals surface area (Å²) >= 11 is 0. The molecule has 0 unspecified atom stereocenters. The molecule has 0 spiro atoms. The lowest BCUT2D eigenvalue weighted by atomic mass is 10.1. The Hall–Kier alpha value is -3.49. The molecule has 0 aliphatic carbocycles. The van der Waals surface area contributed by atoms with Gasteiger partial charge in [-0.25, -0.2) is 8.78 Å². The number of benzene rings is 2. The van der Waals surface area contributed by atoms with Gasteiger partial charge in [-0.05, 0) is 36.6 Å². The van der Waals surface area contributed by atoms with Gasteiger partial charge in [0.15, 0.2) is 11.6 Å². The maximum Gasteiger partial charge on any atom is 0.255 e. The van der Waals surface area contributed by atoms with E-state index in [4.69, 9.17) is 4.74 Å². The molecule has 9 heteroatoms. The maximum atomic E-state index is 14.2. The maximum absolute atomic E-state index is 14.2. The monoisotopic (exact) mass is 442 g/mol. The molecule has 0 radical (unpaired) electrons. The lowest BCUT2D eigenvalue weighted by Crippen LogP contribution is -2.40. The minimum Gasteiger partial charge on any atom is -0.453 e. The van der Waals surface area contributed by atoms with E-state index in [-0.39, 0.29) is 23.0 Å².